The summed E-state index contributed by atoms with van der Waals surface area (Å²) in [5, 5.41) is 1.28. The lowest BCUT2D eigenvalue weighted by molar-refractivity contribution is 0.340. The van der Waals surface area contributed by atoms with Crippen LogP contribution in [-0.4, -0.2) is 31.1 Å². The number of ether oxygens (including phenoxy) is 2. The van der Waals surface area contributed by atoms with Crippen molar-refractivity contribution in [3.63, 3.8) is 0 Å². The van der Waals surface area contributed by atoms with E-state index in [1.165, 1.54) is 11.5 Å². The van der Waals surface area contributed by atoms with Gasteiger partial charge in [0.15, 0.2) is 0 Å². The third kappa shape index (κ3) is 3.97. The summed E-state index contributed by atoms with van der Waals surface area (Å²) in [7, 11) is 1.66. The van der Waals surface area contributed by atoms with Gasteiger partial charge in [-0.2, -0.15) is 0 Å². The Bertz CT molecular complexity index is 393. The predicted octanol–water partition coefficient (Wildman–Crippen LogP) is 3.00. The minimum Gasteiger partial charge on any atom is -0.497 e. The van der Waals surface area contributed by atoms with E-state index in [0.717, 1.165) is 30.2 Å². The minimum atomic E-state index is 0.705. The first-order chi connectivity index (χ1) is 8.38. The van der Waals surface area contributed by atoms with Crippen LogP contribution in [0, 0.1) is 0 Å². The lowest BCUT2D eigenvalue weighted by Gasteiger charge is -2.07. The van der Waals surface area contributed by atoms with E-state index in [1.807, 2.05) is 24.3 Å². The smallest absolute Gasteiger partial charge is 0.123 e. The summed E-state index contributed by atoms with van der Waals surface area (Å²) < 4.78 is 10.8. The Kier molecular flexibility index (Phi) is 4.74. The van der Waals surface area contributed by atoms with Gasteiger partial charge in [0.1, 0.15) is 11.5 Å². The maximum atomic E-state index is 5.65. The first-order valence-electron chi connectivity index (χ1n) is 5.81. The van der Waals surface area contributed by atoms with Crippen LogP contribution >= 0.6 is 11.8 Å². The predicted molar refractivity (Wildman–Crippen MR) is 72.5 cm³/mol. The van der Waals surface area contributed by atoms with Crippen LogP contribution in [0.5, 0.6) is 11.5 Å². The van der Waals surface area contributed by atoms with Crippen molar-refractivity contribution in [1.82, 2.24) is 0 Å². The van der Waals surface area contributed by atoms with E-state index in [-0.39, 0.29) is 0 Å². The van der Waals surface area contributed by atoms with Crippen LogP contribution in [0.1, 0.15) is 12.8 Å². The zero-order chi connectivity index (χ0) is 11.9. The number of benzene rings is 1. The topological polar surface area (TPSA) is 30.8 Å². The Morgan fingerprint density at radius 2 is 2.24 bits per heavy atom. The number of aliphatic imine (C=N–C) groups is 1. The van der Waals surface area contributed by atoms with E-state index in [1.54, 1.807) is 18.9 Å². The second-order valence-corrected chi connectivity index (χ2v) is 4.92. The van der Waals surface area contributed by atoms with Crippen LogP contribution < -0.4 is 9.47 Å². The zero-order valence-corrected chi connectivity index (χ0v) is 10.8. The molecule has 0 aliphatic carbocycles. The maximum absolute atomic E-state index is 5.65. The van der Waals surface area contributed by atoms with Crippen molar-refractivity contribution >= 4 is 16.8 Å². The van der Waals surface area contributed by atoms with E-state index < -0.39 is 0 Å². The minimum absolute atomic E-state index is 0.705. The molecule has 1 aliphatic rings. The highest BCUT2D eigenvalue weighted by Gasteiger charge is 2.06. The molecule has 0 aromatic heterocycles. The van der Waals surface area contributed by atoms with E-state index >= 15 is 0 Å². The van der Waals surface area contributed by atoms with Gasteiger partial charge in [0.2, 0.25) is 0 Å². The lowest BCUT2D eigenvalue weighted by Crippen LogP contribution is -2.02. The third-order valence-electron chi connectivity index (χ3n) is 2.50. The molecule has 0 saturated carbocycles. The van der Waals surface area contributed by atoms with Gasteiger partial charge in [-0.05, 0) is 25.0 Å². The van der Waals surface area contributed by atoms with Gasteiger partial charge < -0.3 is 9.47 Å². The molecule has 1 heterocycles. The van der Waals surface area contributed by atoms with Gasteiger partial charge in [-0.25, -0.2) is 0 Å². The number of methoxy groups -OCH3 is 1. The summed E-state index contributed by atoms with van der Waals surface area (Å²) >= 11 is 1.81. The van der Waals surface area contributed by atoms with Crippen LogP contribution in [0.3, 0.4) is 0 Å². The molecule has 1 aliphatic heterocycles. The molecule has 0 N–H and O–H groups in total. The van der Waals surface area contributed by atoms with E-state index in [9.17, 15) is 0 Å². The third-order valence-corrected chi connectivity index (χ3v) is 3.54. The molecule has 1 aromatic carbocycles. The number of thioether (sulfide) groups is 1. The lowest BCUT2D eigenvalue weighted by atomic mass is 10.3. The molecule has 3 nitrogen and oxygen atoms in total. The normalized spacial score (nSPS) is 14.5. The molecule has 0 unspecified atom stereocenters. The Morgan fingerprint density at radius 3 is 3.00 bits per heavy atom. The first kappa shape index (κ1) is 12.3. The van der Waals surface area contributed by atoms with Crippen LogP contribution in [0.25, 0.3) is 0 Å². The molecular weight excluding hydrogens is 234 g/mol. The van der Waals surface area contributed by atoms with E-state index in [2.05, 4.69) is 4.99 Å². The molecule has 0 radical (unpaired) electrons. The summed E-state index contributed by atoms with van der Waals surface area (Å²) in [6, 6.07) is 7.69. The van der Waals surface area contributed by atoms with Crippen LogP contribution in [0.2, 0.25) is 0 Å². The fourth-order valence-electron chi connectivity index (χ4n) is 1.64. The van der Waals surface area contributed by atoms with Crippen LogP contribution in [0.4, 0.5) is 0 Å². The molecule has 0 saturated heterocycles. The summed E-state index contributed by atoms with van der Waals surface area (Å²) in [5.41, 5.74) is 0. The molecule has 0 spiro atoms. The Hall–Kier alpha value is -1.16. The van der Waals surface area contributed by atoms with Gasteiger partial charge in [0, 0.05) is 18.4 Å². The Balaban J connectivity index is 1.70. The van der Waals surface area contributed by atoms with Crippen molar-refractivity contribution < 1.29 is 9.47 Å². The van der Waals surface area contributed by atoms with Gasteiger partial charge in [-0.15, -0.1) is 11.8 Å². The Morgan fingerprint density at radius 1 is 1.35 bits per heavy atom. The summed E-state index contributed by atoms with van der Waals surface area (Å²) in [5.74, 6) is 2.64. The number of nitrogens with zero attached hydrogens (tertiary/aromatic N) is 1. The van der Waals surface area contributed by atoms with E-state index in [0.29, 0.717) is 6.61 Å². The highest BCUT2D eigenvalue weighted by Crippen LogP contribution is 2.20. The molecular formula is C13H17NO2S. The first-order valence-corrected chi connectivity index (χ1v) is 6.80. The highest BCUT2D eigenvalue weighted by molar-refractivity contribution is 8.13. The SMILES string of the molecule is COc1cccc(OCCSC2=NCCC2)c1. The monoisotopic (exact) mass is 251 g/mol. The van der Waals surface area contributed by atoms with Crippen molar-refractivity contribution in [2.45, 2.75) is 12.8 Å². The number of hydrogen-bond donors (Lipinski definition) is 0. The van der Waals surface area contributed by atoms with Gasteiger partial charge >= 0.3 is 0 Å². The molecule has 0 atom stereocenters. The van der Waals surface area contributed by atoms with Crippen molar-refractivity contribution in [2.75, 3.05) is 26.0 Å². The molecule has 0 bridgehead atoms. The molecule has 0 amide bonds. The second-order valence-electron chi connectivity index (χ2n) is 3.75. The Labute approximate surface area is 106 Å². The molecule has 17 heavy (non-hydrogen) atoms. The van der Waals surface area contributed by atoms with Crippen molar-refractivity contribution in [1.29, 1.82) is 0 Å². The number of hydrogen-bond acceptors (Lipinski definition) is 4. The highest BCUT2D eigenvalue weighted by atomic mass is 32.2. The van der Waals surface area contributed by atoms with Crippen molar-refractivity contribution in [3.8, 4) is 11.5 Å². The van der Waals surface area contributed by atoms with Crippen molar-refractivity contribution in [3.05, 3.63) is 24.3 Å². The van der Waals surface area contributed by atoms with Gasteiger partial charge in [0.25, 0.3) is 0 Å². The number of rotatable bonds is 5. The fourth-order valence-corrected chi connectivity index (χ4v) is 2.51. The summed E-state index contributed by atoms with van der Waals surface area (Å²) in [6.45, 7) is 1.70. The van der Waals surface area contributed by atoms with E-state index in [4.69, 9.17) is 9.47 Å². The van der Waals surface area contributed by atoms with Crippen LogP contribution in [0.15, 0.2) is 29.3 Å². The maximum Gasteiger partial charge on any atom is 0.123 e. The average molecular weight is 251 g/mol. The molecule has 1 aromatic rings. The standard InChI is InChI=1S/C13H17NO2S/c1-15-11-4-2-5-12(10-11)16-8-9-17-13-6-3-7-14-13/h2,4-5,10H,3,6-9H2,1H3. The molecule has 2 rings (SSSR count). The fraction of sp³-hybridized carbons (Fsp3) is 0.462. The summed E-state index contributed by atoms with van der Waals surface area (Å²) in [6.07, 6.45) is 2.35. The largest absolute Gasteiger partial charge is 0.497 e. The quantitative estimate of drug-likeness (QED) is 0.754. The molecule has 4 heteroatoms. The van der Waals surface area contributed by atoms with Gasteiger partial charge in [0.05, 0.1) is 18.8 Å². The zero-order valence-electron chi connectivity index (χ0n) is 10.0. The molecule has 92 valence electrons. The van der Waals surface area contributed by atoms with Gasteiger partial charge in [-0.3, -0.25) is 4.99 Å². The van der Waals surface area contributed by atoms with Gasteiger partial charge in [-0.1, -0.05) is 6.07 Å². The average Bonchev–Trinajstić information content (AvgIpc) is 2.88. The van der Waals surface area contributed by atoms with Crippen LogP contribution in [-0.2, 0) is 0 Å². The molecule has 0 fully saturated rings. The second kappa shape index (κ2) is 6.55. The van der Waals surface area contributed by atoms with Crippen molar-refractivity contribution in [2.24, 2.45) is 4.99 Å². The summed E-state index contributed by atoms with van der Waals surface area (Å²) in [4.78, 5) is 4.41.